The molecule has 13 heteroatoms. The number of nitrogens with one attached hydrogen (secondary N) is 2. The Labute approximate surface area is 185 Å². The second kappa shape index (κ2) is 8.26. The molecule has 0 bridgehead atoms. The van der Waals surface area contributed by atoms with Crippen molar-refractivity contribution >= 4 is 35.0 Å². The molecule has 0 saturated heterocycles. The molecule has 168 valence electrons. The van der Waals surface area contributed by atoms with Crippen LogP contribution in [-0.4, -0.2) is 44.2 Å². The van der Waals surface area contributed by atoms with Crippen molar-refractivity contribution < 1.29 is 18.0 Å². The molecule has 0 fully saturated rings. The van der Waals surface area contributed by atoms with Crippen LogP contribution in [0.15, 0.2) is 24.5 Å². The molecule has 0 saturated carbocycles. The van der Waals surface area contributed by atoms with Crippen LogP contribution in [0.3, 0.4) is 0 Å². The van der Waals surface area contributed by atoms with Gasteiger partial charge in [0.25, 0.3) is 0 Å². The number of pyridine rings is 1. The smallest absolute Gasteiger partial charge is 0.350 e. The summed E-state index contributed by atoms with van der Waals surface area (Å²) in [5, 5.41) is 9.89. The monoisotopic (exact) mass is 466 g/mol. The zero-order valence-electron chi connectivity index (χ0n) is 17.0. The third kappa shape index (κ3) is 4.59. The van der Waals surface area contributed by atoms with Crippen molar-refractivity contribution in [2.75, 3.05) is 29.1 Å². The summed E-state index contributed by atoms with van der Waals surface area (Å²) in [6.45, 7) is 2.53. The minimum atomic E-state index is -4.55. The lowest BCUT2D eigenvalue weighted by Gasteiger charge is -2.27. The van der Waals surface area contributed by atoms with E-state index in [1.807, 2.05) is 0 Å². The maximum absolute atomic E-state index is 12.7. The average Bonchev–Trinajstić information content (AvgIpc) is 3.15. The molecule has 0 spiro atoms. The van der Waals surface area contributed by atoms with Gasteiger partial charge in [-0.1, -0.05) is 17.7 Å². The number of halogens is 4. The highest BCUT2D eigenvalue weighted by molar-refractivity contribution is 6.30. The fourth-order valence-electron chi connectivity index (χ4n) is 3.21. The van der Waals surface area contributed by atoms with E-state index in [0.717, 1.165) is 11.6 Å². The van der Waals surface area contributed by atoms with E-state index in [-0.39, 0.29) is 24.1 Å². The van der Waals surface area contributed by atoms with E-state index in [4.69, 9.17) is 11.6 Å². The summed E-state index contributed by atoms with van der Waals surface area (Å²) in [4.78, 5) is 25.7. The summed E-state index contributed by atoms with van der Waals surface area (Å²) < 4.78 is 39.8. The van der Waals surface area contributed by atoms with Crippen molar-refractivity contribution in [3.8, 4) is 0 Å². The molecule has 32 heavy (non-hydrogen) atoms. The Hall–Kier alpha value is -3.41. The van der Waals surface area contributed by atoms with Crippen LogP contribution >= 0.6 is 11.6 Å². The maximum Gasteiger partial charge on any atom is 0.433 e. The predicted octanol–water partition coefficient (Wildman–Crippen LogP) is 3.10. The van der Waals surface area contributed by atoms with Gasteiger partial charge in [0.1, 0.15) is 16.5 Å². The summed E-state index contributed by atoms with van der Waals surface area (Å²) in [7, 11) is 1.78. The number of hydrogen-bond acceptors (Lipinski definition) is 7. The number of carbonyl (C=O) groups is 1. The molecule has 0 unspecified atom stereocenters. The normalized spacial score (nSPS) is 13.7. The molecule has 0 aliphatic carbocycles. The molecular weight excluding hydrogens is 449 g/mol. The fraction of sp³-hybridized carbons (Fsp3) is 0.316. The highest BCUT2D eigenvalue weighted by atomic mass is 35.5. The van der Waals surface area contributed by atoms with Crippen molar-refractivity contribution in [2.24, 2.45) is 0 Å². The van der Waals surface area contributed by atoms with Crippen LogP contribution in [0.1, 0.15) is 22.5 Å². The van der Waals surface area contributed by atoms with Crippen LogP contribution in [-0.2, 0) is 24.1 Å². The van der Waals surface area contributed by atoms with Gasteiger partial charge in [0.2, 0.25) is 11.9 Å². The number of hydrogen-bond donors (Lipinski definition) is 2. The Kier molecular flexibility index (Phi) is 5.63. The zero-order valence-corrected chi connectivity index (χ0v) is 17.8. The second-order valence-electron chi connectivity index (χ2n) is 7.28. The first-order valence-electron chi connectivity index (χ1n) is 9.47. The number of aryl methyl sites for hydroxylation is 1. The largest absolute Gasteiger partial charge is 0.433 e. The zero-order chi connectivity index (χ0) is 23.0. The average molecular weight is 467 g/mol. The molecule has 0 aromatic carbocycles. The van der Waals surface area contributed by atoms with E-state index in [1.165, 1.54) is 6.07 Å². The SMILES string of the molecule is Cc1nc(NCc2cnn(Cc3ccc(C(F)(F)F)nc3Cl)c2)nc2c1NC(=O)CN2C. The van der Waals surface area contributed by atoms with Gasteiger partial charge in [0, 0.05) is 30.9 Å². The van der Waals surface area contributed by atoms with Crippen LogP contribution in [0.25, 0.3) is 0 Å². The Morgan fingerprint density at radius 2 is 2.03 bits per heavy atom. The number of anilines is 3. The van der Waals surface area contributed by atoms with Gasteiger partial charge in [-0.15, -0.1) is 0 Å². The molecule has 4 rings (SSSR count). The van der Waals surface area contributed by atoms with Gasteiger partial charge in [-0.2, -0.15) is 23.3 Å². The minimum absolute atomic E-state index is 0.122. The molecule has 4 heterocycles. The van der Waals surface area contributed by atoms with Crippen molar-refractivity contribution in [1.82, 2.24) is 24.7 Å². The summed E-state index contributed by atoms with van der Waals surface area (Å²) in [5.74, 6) is 0.898. The topological polar surface area (TPSA) is 101 Å². The number of aromatic nitrogens is 5. The lowest BCUT2D eigenvalue weighted by atomic mass is 10.2. The van der Waals surface area contributed by atoms with Gasteiger partial charge in [0.15, 0.2) is 5.82 Å². The van der Waals surface area contributed by atoms with Gasteiger partial charge in [-0.3, -0.25) is 9.48 Å². The quantitative estimate of drug-likeness (QED) is 0.557. The maximum atomic E-state index is 12.7. The Morgan fingerprint density at radius 3 is 2.75 bits per heavy atom. The van der Waals surface area contributed by atoms with Crippen molar-refractivity contribution in [3.63, 3.8) is 0 Å². The number of fused-ring (bicyclic) bond motifs is 1. The van der Waals surface area contributed by atoms with Crippen molar-refractivity contribution in [3.05, 3.63) is 52.2 Å². The lowest BCUT2D eigenvalue weighted by Crippen LogP contribution is -2.36. The van der Waals surface area contributed by atoms with E-state index in [0.29, 0.717) is 35.3 Å². The van der Waals surface area contributed by atoms with E-state index in [9.17, 15) is 18.0 Å². The summed E-state index contributed by atoms with van der Waals surface area (Å²) in [6.07, 6.45) is -1.20. The molecule has 2 N–H and O–H groups in total. The van der Waals surface area contributed by atoms with Gasteiger partial charge >= 0.3 is 6.18 Å². The van der Waals surface area contributed by atoms with Gasteiger partial charge < -0.3 is 15.5 Å². The van der Waals surface area contributed by atoms with E-state index < -0.39 is 11.9 Å². The fourth-order valence-corrected chi connectivity index (χ4v) is 3.42. The third-order valence-corrected chi connectivity index (χ3v) is 5.09. The van der Waals surface area contributed by atoms with Gasteiger partial charge in [-0.05, 0) is 13.0 Å². The summed E-state index contributed by atoms with van der Waals surface area (Å²) in [5.41, 5.74) is 1.41. The minimum Gasteiger partial charge on any atom is -0.350 e. The van der Waals surface area contributed by atoms with E-state index in [2.05, 4.69) is 30.7 Å². The highest BCUT2D eigenvalue weighted by Gasteiger charge is 2.33. The second-order valence-corrected chi connectivity index (χ2v) is 7.64. The first kappa shape index (κ1) is 21.8. The molecular formula is C19H18ClF3N8O. The Morgan fingerprint density at radius 1 is 1.25 bits per heavy atom. The molecule has 9 nitrogen and oxygen atoms in total. The summed E-state index contributed by atoms with van der Waals surface area (Å²) >= 11 is 5.92. The van der Waals surface area contributed by atoms with Crippen LogP contribution in [0.5, 0.6) is 0 Å². The highest BCUT2D eigenvalue weighted by Crippen LogP contribution is 2.30. The third-order valence-electron chi connectivity index (χ3n) is 4.76. The summed E-state index contributed by atoms with van der Waals surface area (Å²) in [6, 6.07) is 2.18. The van der Waals surface area contributed by atoms with Crippen LogP contribution in [0, 0.1) is 6.92 Å². The number of amides is 1. The van der Waals surface area contributed by atoms with Crippen LogP contribution < -0.4 is 15.5 Å². The number of nitrogens with zero attached hydrogens (tertiary/aromatic N) is 6. The molecule has 1 aliphatic rings. The Balaban J connectivity index is 1.43. The van der Waals surface area contributed by atoms with Crippen LogP contribution in [0.2, 0.25) is 5.15 Å². The van der Waals surface area contributed by atoms with Crippen molar-refractivity contribution in [1.29, 1.82) is 0 Å². The molecule has 3 aromatic heterocycles. The molecule has 3 aromatic rings. The van der Waals surface area contributed by atoms with Crippen LogP contribution in [0.4, 0.5) is 30.6 Å². The molecule has 0 radical (unpaired) electrons. The lowest BCUT2D eigenvalue weighted by molar-refractivity contribution is -0.141. The van der Waals surface area contributed by atoms with E-state index in [1.54, 1.807) is 35.9 Å². The number of likely N-dealkylation sites (N-methyl/N-ethyl adjacent to an activating group) is 1. The van der Waals surface area contributed by atoms with Crippen molar-refractivity contribution in [2.45, 2.75) is 26.2 Å². The molecule has 1 aliphatic heterocycles. The van der Waals surface area contributed by atoms with Gasteiger partial charge in [-0.25, -0.2) is 9.97 Å². The number of rotatable bonds is 5. The number of carbonyl (C=O) groups excluding carboxylic acids is 1. The first-order chi connectivity index (χ1) is 15.1. The predicted molar refractivity (Wildman–Crippen MR) is 112 cm³/mol. The molecule has 0 atom stereocenters. The van der Waals surface area contributed by atoms with Gasteiger partial charge in [0.05, 0.1) is 25.0 Å². The number of alkyl halides is 3. The Bertz CT molecular complexity index is 1180. The van der Waals surface area contributed by atoms with E-state index >= 15 is 0 Å². The first-order valence-corrected chi connectivity index (χ1v) is 9.85. The standard InChI is InChI=1S/C19H18ClF3N8O/c1-10-15-17(30(2)9-14(32)28-15)29-18(26-10)24-5-11-6-25-31(7-11)8-12-3-4-13(19(21,22)23)27-16(12)20/h3-4,6-7H,5,8-9H2,1-2H3,(H,28,32)(H,24,26,29). The molecule has 1 amide bonds.